The summed E-state index contributed by atoms with van der Waals surface area (Å²) in [5, 5.41) is 10.7. The largest absolute Gasteiger partial charge is 0.486 e. The van der Waals surface area contributed by atoms with E-state index in [0.717, 1.165) is 6.42 Å². The van der Waals surface area contributed by atoms with E-state index >= 15 is 0 Å². The molecule has 0 N–H and O–H groups in total. The minimum atomic E-state index is -0.458. The van der Waals surface area contributed by atoms with Crippen molar-refractivity contribution in [3.8, 4) is 11.5 Å². The Morgan fingerprint density at radius 2 is 2.40 bits per heavy atom. The van der Waals surface area contributed by atoms with Gasteiger partial charge in [-0.05, 0) is 12.5 Å². The van der Waals surface area contributed by atoms with Crippen LogP contribution in [0.2, 0.25) is 0 Å². The van der Waals surface area contributed by atoms with Gasteiger partial charge in [0.2, 0.25) is 5.75 Å². The molecule has 5 nitrogen and oxygen atoms in total. The average Bonchev–Trinajstić information content (AvgIpc) is 2.27. The Hall–Kier alpha value is -1.78. The molecule has 1 heterocycles. The number of rotatable bonds is 2. The SMILES string of the molecule is CCC1COc2cccc([N+](=O)[O-])c2O1. The number of hydrogen-bond donors (Lipinski definition) is 0. The van der Waals surface area contributed by atoms with E-state index in [4.69, 9.17) is 9.47 Å². The number of nitro benzene ring substituents is 1. The number of nitro groups is 1. The van der Waals surface area contributed by atoms with Crippen LogP contribution in [-0.2, 0) is 0 Å². The van der Waals surface area contributed by atoms with Crippen LogP contribution in [0.15, 0.2) is 18.2 Å². The van der Waals surface area contributed by atoms with Gasteiger partial charge < -0.3 is 9.47 Å². The molecule has 0 aliphatic carbocycles. The number of hydrogen-bond acceptors (Lipinski definition) is 4. The van der Waals surface area contributed by atoms with Gasteiger partial charge in [0.15, 0.2) is 5.75 Å². The third-order valence-electron chi connectivity index (χ3n) is 2.32. The molecule has 80 valence electrons. The highest BCUT2D eigenvalue weighted by molar-refractivity contribution is 5.56. The summed E-state index contributed by atoms with van der Waals surface area (Å²) in [7, 11) is 0. The first-order valence-electron chi connectivity index (χ1n) is 4.79. The highest BCUT2D eigenvalue weighted by Crippen LogP contribution is 2.40. The average molecular weight is 209 g/mol. The summed E-state index contributed by atoms with van der Waals surface area (Å²) >= 11 is 0. The van der Waals surface area contributed by atoms with Gasteiger partial charge in [0.1, 0.15) is 12.7 Å². The molecule has 1 atom stereocenters. The molecule has 1 unspecified atom stereocenters. The molecule has 0 spiro atoms. The zero-order chi connectivity index (χ0) is 10.8. The Balaban J connectivity index is 2.40. The summed E-state index contributed by atoms with van der Waals surface area (Å²) in [6.07, 6.45) is 0.671. The molecule has 2 rings (SSSR count). The van der Waals surface area contributed by atoms with E-state index in [-0.39, 0.29) is 17.5 Å². The number of benzene rings is 1. The van der Waals surface area contributed by atoms with Gasteiger partial charge in [0.25, 0.3) is 0 Å². The first-order valence-corrected chi connectivity index (χ1v) is 4.79. The summed E-state index contributed by atoms with van der Waals surface area (Å²) in [6.45, 7) is 2.40. The molecule has 1 aromatic rings. The maximum Gasteiger partial charge on any atom is 0.314 e. The predicted octanol–water partition coefficient (Wildman–Crippen LogP) is 2.14. The van der Waals surface area contributed by atoms with Crippen molar-refractivity contribution in [2.24, 2.45) is 0 Å². The summed E-state index contributed by atoms with van der Waals surface area (Å²) < 4.78 is 10.9. The first kappa shape index (κ1) is 9.76. The monoisotopic (exact) mass is 209 g/mol. The summed E-state index contributed by atoms with van der Waals surface area (Å²) in [4.78, 5) is 10.3. The minimum Gasteiger partial charge on any atom is -0.486 e. The maximum atomic E-state index is 10.7. The van der Waals surface area contributed by atoms with Crippen molar-refractivity contribution in [1.29, 1.82) is 0 Å². The van der Waals surface area contributed by atoms with E-state index in [1.165, 1.54) is 6.07 Å². The van der Waals surface area contributed by atoms with Gasteiger partial charge in [0.05, 0.1) is 4.92 Å². The number of fused-ring (bicyclic) bond motifs is 1. The van der Waals surface area contributed by atoms with E-state index < -0.39 is 4.92 Å². The van der Waals surface area contributed by atoms with Crippen molar-refractivity contribution in [3.05, 3.63) is 28.3 Å². The van der Waals surface area contributed by atoms with Crippen LogP contribution in [0.4, 0.5) is 5.69 Å². The van der Waals surface area contributed by atoms with Crippen molar-refractivity contribution in [1.82, 2.24) is 0 Å². The molecular formula is C10H11NO4. The van der Waals surface area contributed by atoms with Gasteiger partial charge >= 0.3 is 5.69 Å². The van der Waals surface area contributed by atoms with Crippen molar-refractivity contribution in [2.45, 2.75) is 19.4 Å². The Morgan fingerprint density at radius 1 is 1.60 bits per heavy atom. The standard InChI is InChI=1S/C10H11NO4/c1-2-7-6-14-9-5-3-4-8(11(12)13)10(9)15-7/h3-5,7H,2,6H2,1H3. The van der Waals surface area contributed by atoms with Gasteiger partial charge in [-0.3, -0.25) is 10.1 Å². The Morgan fingerprint density at radius 3 is 3.07 bits per heavy atom. The lowest BCUT2D eigenvalue weighted by molar-refractivity contribution is -0.386. The molecule has 0 saturated heterocycles. The minimum absolute atomic E-state index is 0.0364. The molecule has 15 heavy (non-hydrogen) atoms. The van der Waals surface area contributed by atoms with Crippen LogP contribution in [0.5, 0.6) is 11.5 Å². The first-order chi connectivity index (χ1) is 7.22. The lowest BCUT2D eigenvalue weighted by Gasteiger charge is -2.25. The van der Waals surface area contributed by atoms with Crippen LogP contribution >= 0.6 is 0 Å². The summed E-state index contributed by atoms with van der Waals surface area (Å²) in [5.74, 6) is 0.703. The fourth-order valence-electron chi connectivity index (χ4n) is 1.46. The van der Waals surface area contributed by atoms with Crippen molar-refractivity contribution in [2.75, 3.05) is 6.61 Å². The van der Waals surface area contributed by atoms with Gasteiger partial charge in [-0.2, -0.15) is 0 Å². The third kappa shape index (κ3) is 1.72. The molecule has 1 aromatic carbocycles. The van der Waals surface area contributed by atoms with Gasteiger partial charge in [0, 0.05) is 6.07 Å². The molecule has 0 aromatic heterocycles. The molecule has 0 radical (unpaired) electrons. The molecule has 0 amide bonds. The van der Waals surface area contributed by atoms with Crippen molar-refractivity contribution >= 4 is 5.69 Å². The maximum absolute atomic E-state index is 10.7. The van der Waals surface area contributed by atoms with E-state index in [0.29, 0.717) is 12.4 Å². The zero-order valence-corrected chi connectivity index (χ0v) is 8.30. The van der Waals surface area contributed by atoms with E-state index in [1.807, 2.05) is 6.92 Å². The second-order valence-corrected chi connectivity index (χ2v) is 3.32. The van der Waals surface area contributed by atoms with Gasteiger partial charge in [-0.25, -0.2) is 0 Å². The Kier molecular flexibility index (Phi) is 2.45. The fraction of sp³-hybridized carbons (Fsp3) is 0.400. The Bertz CT molecular complexity index is 391. The van der Waals surface area contributed by atoms with Crippen molar-refractivity contribution < 1.29 is 14.4 Å². The van der Waals surface area contributed by atoms with E-state index in [1.54, 1.807) is 12.1 Å². The van der Waals surface area contributed by atoms with Crippen LogP contribution in [0, 0.1) is 10.1 Å². The lowest BCUT2D eigenvalue weighted by atomic mass is 10.2. The highest BCUT2D eigenvalue weighted by atomic mass is 16.6. The molecule has 5 heteroatoms. The second kappa shape index (κ2) is 3.76. The normalized spacial score (nSPS) is 18.6. The smallest absolute Gasteiger partial charge is 0.314 e. The molecule has 0 fully saturated rings. The molecular weight excluding hydrogens is 198 g/mol. The lowest BCUT2D eigenvalue weighted by Crippen LogP contribution is -2.28. The van der Waals surface area contributed by atoms with Gasteiger partial charge in [-0.15, -0.1) is 0 Å². The highest BCUT2D eigenvalue weighted by Gasteiger charge is 2.27. The number of para-hydroxylation sites is 1. The van der Waals surface area contributed by atoms with E-state index in [9.17, 15) is 10.1 Å². The molecule has 1 aliphatic heterocycles. The number of ether oxygens (including phenoxy) is 2. The van der Waals surface area contributed by atoms with Crippen LogP contribution in [-0.4, -0.2) is 17.6 Å². The molecule has 0 bridgehead atoms. The molecule has 1 aliphatic rings. The fourth-order valence-corrected chi connectivity index (χ4v) is 1.46. The van der Waals surface area contributed by atoms with Crippen LogP contribution < -0.4 is 9.47 Å². The van der Waals surface area contributed by atoms with E-state index in [2.05, 4.69) is 0 Å². The van der Waals surface area contributed by atoms with Gasteiger partial charge in [-0.1, -0.05) is 13.0 Å². The summed E-state index contributed by atoms with van der Waals surface area (Å²) in [6, 6.07) is 4.68. The van der Waals surface area contributed by atoms with Crippen molar-refractivity contribution in [3.63, 3.8) is 0 Å². The summed E-state index contributed by atoms with van der Waals surface area (Å²) in [5.41, 5.74) is -0.0364. The topological polar surface area (TPSA) is 61.6 Å². The predicted molar refractivity (Wildman–Crippen MR) is 53.3 cm³/mol. The number of nitrogens with zero attached hydrogens (tertiary/aromatic N) is 1. The van der Waals surface area contributed by atoms with Crippen LogP contribution in [0.1, 0.15) is 13.3 Å². The van der Waals surface area contributed by atoms with Crippen LogP contribution in [0.3, 0.4) is 0 Å². The third-order valence-corrected chi connectivity index (χ3v) is 2.32. The second-order valence-electron chi connectivity index (χ2n) is 3.32. The molecule has 0 saturated carbocycles. The van der Waals surface area contributed by atoms with Crippen LogP contribution in [0.25, 0.3) is 0 Å². The Labute approximate surface area is 86.8 Å². The quantitative estimate of drug-likeness (QED) is 0.553. The zero-order valence-electron chi connectivity index (χ0n) is 8.30.